The van der Waals surface area contributed by atoms with Crippen LogP contribution in [0.4, 0.5) is 5.82 Å². The number of aryl methyl sites for hydroxylation is 1. The molecule has 0 aliphatic heterocycles. The molecule has 2 N–H and O–H groups in total. The molecule has 1 aromatic carbocycles. The Hall–Kier alpha value is -2.82. The summed E-state index contributed by atoms with van der Waals surface area (Å²) in [5.41, 5.74) is 2.67. The van der Waals surface area contributed by atoms with E-state index >= 15 is 0 Å². The molecule has 5 nitrogen and oxygen atoms in total. The molecule has 0 saturated carbocycles. The van der Waals surface area contributed by atoms with E-state index in [1.807, 2.05) is 54.1 Å². The van der Waals surface area contributed by atoms with Crippen molar-refractivity contribution in [2.75, 3.05) is 5.32 Å². The fraction of sp³-hybridized carbons (Fsp3) is 0.125. The molecule has 0 aliphatic carbocycles. The number of aromatic nitrogens is 3. The van der Waals surface area contributed by atoms with E-state index < -0.39 is 0 Å². The molecule has 1 amide bonds. The van der Waals surface area contributed by atoms with Crippen LogP contribution in [0.1, 0.15) is 21.7 Å². The average molecular weight is 280 g/mol. The first-order valence-electron chi connectivity index (χ1n) is 6.75. The number of amides is 1. The predicted molar refractivity (Wildman–Crippen MR) is 81.3 cm³/mol. The highest BCUT2D eigenvalue weighted by atomic mass is 16.2. The molecule has 106 valence electrons. The number of anilines is 1. The lowest BCUT2D eigenvalue weighted by atomic mass is 10.2. The zero-order valence-electron chi connectivity index (χ0n) is 11.7. The molecule has 2 heterocycles. The summed E-state index contributed by atoms with van der Waals surface area (Å²) in [7, 11) is 0. The third-order valence-electron chi connectivity index (χ3n) is 3.21. The highest BCUT2D eigenvalue weighted by Gasteiger charge is 2.12. The van der Waals surface area contributed by atoms with Crippen LogP contribution in [0.25, 0.3) is 0 Å². The number of rotatable bonds is 4. The zero-order chi connectivity index (χ0) is 14.7. The number of hydrogen-bond donors (Lipinski definition) is 2. The lowest BCUT2D eigenvalue weighted by Gasteiger charge is -2.08. The number of carbonyl (C=O) groups excluding carboxylic acids is 1. The molecule has 0 radical (unpaired) electrons. The SMILES string of the molecule is Cc1cc(NC(=O)c2cccn2Cc2ccccc2)n[nH]1. The van der Waals surface area contributed by atoms with E-state index in [1.54, 1.807) is 12.1 Å². The van der Waals surface area contributed by atoms with Gasteiger partial charge in [-0.3, -0.25) is 9.89 Å². The van der Waals surface area contributed by atoms with Gasteiger partial charge in [0.15, 0.2) is 5.82 Å². The normalized spacial score (nSPS) is 10.5. The van der Waals surface area contributed by atoms with E-state index in [-0.39, 0.29) is 5.91 Å². The summed E-state index contributed by atoms with van der Waals surface area (Å²) in [4.78, 5) is 12.3. The number of H-pyrrole nitrogens is 1. The van der Waals surface area contributed by atoms with E-state index in [2.05, 4.69) is 15.5 Å². The molecule has 21 heavy (non-hydrogen) atoms. The summed E-state index contributed by atoms with van der Waals surface area (Å²) >= 11 is 0. The van der Waals surface area contributed by atoms with Crippen molar-refractivity contribution < 1.29 is 4.79 Å². The van der Waals surface area contributed by atoms with E-state index in [4.69, 9.17) is 0 Å². The fourth-order valence-electron chi connectivity index (χ4n) is 2.20. The Morgan fingerprint density at radius 1 is 1.24 bits per heavy atom. The molecule has 5 heteroatoms. The maximum Gasteiger partial charge on any atom is 0.273 e. The molecule has 0 saturated heterocycles. The second-order valence-electron chi connectivity index (χ2n) is 4.90. The number of aromatic amines is 1. The molecule has 0 unspecified atom stereocenters. The molecule has 0 fully saturated rings. The molecule has 3 rings (SSSR count). The molecule has 0 aliphatic rings. The van der Waals surface area contributed by atoms with Gasteiger partial charge in [-0.05, 0) is 24.6 Å². The van der Waals surface area contributed by atoms with E-state index in [1.165, 1.54) is 0 Å². The van der Waals surface area contributed by atoms with Crippen LogP contribution in [-0.2, 0) is 6.54 Å². The van der Waals surface area contributed by atoms with E-state index in [0.29, 0.717) is 18.1 Å². The van der Waals surface area contributed by atoms with Crippen molar-refractivity contribution in [3.63, 3.8) is 0 Å². The van der Waals surface area contributed by atoms with Crippen LogP contribution in [-0.4, -0.2) is 20.7 Å². The Morgan fingerprint density at radius 3 is 2.76 bits per heavy atom. The lowest BCUT2D eigenvalue weighted by molar-refractivity contribution is 0.101. The zero-order valence-corrected chi connectivity index (χ0v) is 11.7. The second-order valence-corrected chi connectivity index (χ2v) is 4.90. The minimum atomic E-state index is -0.164. The summed E-state index contributed by atoms with van der Waals surface area (Å²) in [6.07, 6.45) is 1.90. The highest BCUT2D eigenvalue weighted by molar-refractivity contribution is 6.02. The summed E-state index contributed by atoms with van der Waals surface area (Å²) in [6.45, 7) is 2.55. The standard InChI is InChI=1S/C16H16N4O/c1-12-10-15(19-18-12)17-16(21)14-8-5-9-20(14)11-13-6-3-2-4-7-13/h2-10H,11H2,1H3,(H2,17,18,19,21). The summed E-state index contributed by atoms with van der Waals surface area (Å²) < 4.78 is 1.92. The van der Waals surface area contributed by atoms with Gasteiger partial charge in [0.1, 0.15) is 5.69 Å². The smallest absolute Gasteiger partial charge is 0.273 e. The first-order chi connectivity index (χ1) is 10.2. The van der Waals surface area contributed by atoms with Crippen LogP contribution in [0.2, 0.25) is 0 Å². The maximum absolute atomic E-state index is 12.3. The van der Waals surface area contributed by atoms with Crippen molar-refractivity contribution in [3.05, 3.63) is 71.7 Å². The maximum atomic E-state index is 12.3. The Morgan fingerprint density at radius 2 is 2.05 bits per heavy atom. The highest BCUT2D eigenvalue weighted by Crippen LogP contribution is 2.11. The minimum Gasteiger partial charge on any atom is -0.339 e. The van der Waals surface area contributed by atoms with Crippen LogP contribution in [0, 0.1) is 6.92 Å². The molecule has 0 bridgehead atoms. The van der Waals surface area contributed by atoms with Gasteiger partial charge in [0.25, 0.3) is 5.91 Å². The first kappa shape index (κ1) is 13.2. The molecule has 0 spiro atoms. The average Bonchev–Trinajstić information content (AvgIpc) is 3.09. The van der Waals surface area contributed by atoms with E-state index in [9.17, 15) is 4.79 Å². The van der Waals surface area contributed by atoms with E-state index in [0.717, 1.165) is 11.3 Å². The van der Waals surface area contributed by atoms with Crippen molar-refractivity contribution in [1.29, 1.82) is 0 Å². The van der Waals surface area contributed by atoms with Gasteiger partial charge in [0.2, 0.25) is 0 Å². The molecule has 3 aromatic rings. The molecular formula is C16H16N4O. The lowest BCUT2D eigenvalue weighted by Crippen LogP contribution is -2.17. The van der Waals surface area contributed by atoms with Gasteiger partial charge in [-0.25, -0.2) is 0 Å². The monoisotopic (exact) mass is 280 g/mol. The van der Waals surface area contributed by atoms with Crippen molar-refractivity contribution >= 4 is 11.7 Å². The van der Waals surface area contributed by atoms with Gasteiger partial charge in [-0.15, -0.1) is 0 Å². The Kier molecular flexibility index (Phi) is 3.55. The Bertz CT molecular complexity index is 742. The topological polar surface area (TPSA) is 62.7 Å². The first-order valence-corrected chi connectivity index (χ1v) is 6.75. The summed E-state index contributed by atoms with van der Waals surface area (Å²) in [6, 6.07) is 15.5. The van der Waals surface area contributed by atoms with Crippen molar-refractivity contribution in [2.24, 2.45) is 0 Å². The quantitative estimate of drug-likeness (QED) is 0.772. The summed E-state index contributed by atoms with van der Waals surface area (Å²) in [5.74, 6) is 0.368. The Labute approximate surface area is 122 Å². The van der Waals surface area contributed by atoms with Crippen molar-refractivity contribution in [2.45, 2.75) is 13.5 Å². The fourth-order valence-corrected chi connectivity index (χ4v) is 2.20. The van der Waals surface area contributed by atoms with Crippen LogP contribution in [0.5, 0.6) is 0 Å². The largest absolute Gasteiger partial charge is 0.339 e. The third-order valence-corrected chi connectivity index (χ3v) is 3.21. The number of nitrogens with one attached hydrogen (secondary N) is 2. The van der Waals surface area contributed by atoms with Crippen LogP contribution in [0.3, 0.4) is 0 Å². The van der Waals surface area contributed by atoms with Gasteiger partial charge in [-0.2, -0.15) is 5.10 Å². The van der Waals surface area contributed by atoms with Gasteiger partial charge in [0, 0.05) is 24.5 Å². The number of nitrogens with zero attached hydrogens (tertiary/aromatic N) is 2. The molecule has 0 atom stereocenters. The predicted octanol–water partition coefficient (Wildman–Crippen LogP) is 2.82. The second kappa shape index (κ2) is 5.66. The van der Waals surface area contributed by atoms with Crippen LogP contribution < -0.4 is 5.32 Å². The summed E-state index contributed by atoms with van der Waals surface area (Å²) in [5, 5.41) is 9.60. The molecule has 2 aromatic heterocycles. The van der Waals surface area contributed by atoms with Crippen LogP contribution >= 0.6 is 0 Å². The molecular weight excluding hydrogens is 264 g/mol. The van der Waals surface area contributed by atoms with Crippen molar-refractivity contribution in [1.82, 2.24) is 14.8 Å². The van der Waals surface area contributed by atoms with Gasteiger partial charge < -0.3 is 9.88 Å². The van der Waals surface area contributed by atoms with Gasteiger partial charge >= 0.3 is 0 Å². The Balaban J connectivity index is 1.77. The third kappa shape index (κ3) is 3.02. The number of carbonyl (C=O) groups is 1. The van der Waals surface area contributed by atoms with Crippen molar-refractivity contribution in [3.8, 4) is 0 Å². The van der Waals surface area contributed by atoms with Gasteiger partial charge in [0.05, 0.1) is 0 Å². The van der Waals surface area contributed by atoms with Crippen LogP contribution in [0.15, 0.2) is 54.7 Å². The van der Waals surface area contributed by atoms with Gasteiger partial charge in [-0.1, -0.05) is 30.3 Å². The minimum absolute atomic E-state index is 0.164. The number of benzene rings is 1. The number of hydrogen-bond acceptors (Lipinski definition) is 2.